The Bertz CT molecular complexity index is 459. The lowest BCUT2D eigenvalue weighted by molar-refractivity contribution is -0.120. The number of ether oxygens (including phenoxy) is 1. The minimum Gasteiger partial charge on any atom is -0.494 e. The summed E-state index contributed by atoms with van der Waals surface area (Å²) in [5.41, 5.74) is 6.53. The van der Waals surface area contributed by atoms with Crippen molar-refractivity contribution in [1.82, 2.24) is 10.2 Å². The molecule has 1 aliphatic rings. The van der Waals surface area contributed by atoms with E-state index in [1.807, 2.05) is 25.1 Å². The molecule has 0 radical (unpaired) electrons. The largest absolute Gasteiger partial charge is 0.494 e. The van der Waals surface area contributed by atoms with Gasteiger partial charge in [-0.15, -0.1) is 0 Å². The third-order valence-electron chi connectivity index (χ3n) is 3.83. The Hall–Kier alpha value is -1.59. The summed E-state index contributed by atoms with van der Waals surface area (Å²) < 4.78 is 5.68. The molecule has 1 amide bonds. The molecule has 0 aliphatic carbocycles. The summed E-state index contributed by atoms with van der Waals surface area (Å²) in [5.74, 6) is 0.617. The molecule has 1 aliphatic heterocycles. The van der Waals surface area contributed by atoms with Gasteiger partial charge in [-0.3, -0.25) is 9.69 Å². The molecular weight excluding hydrogens is 266 g/mol. The lowest BCUT2D eigenvalue weighted by Gasteiger charge is -2.34. The second kappa shape index (κ2) is 8.00. The molecule has 2 rings (SSSR count). The van der Waals surface area contributed by atoms with Crippen LogP contribution in [0, 0.1) is 0 Å². The summed E-state index contributed by atoms with van der Waals surface area (Å²) in [6, 6.07) is 8.40. The zero-order chi connectivity index (χ0) is 15.1. The number of hydrogen-bond donors (Lipinski definition) is 2. The predicted molar refractivity (Wildman–Crippen MR) is 83.1 cm³/mol. The van der Waals surface area contributed by atoms with E-state index in [1.54, 1.807) is 0 Å². The van der Waals surface area contributed by atoms with Crippen molar-refractivity contribution in [2.75, 3.05) is 26.2 Å². The maximum Gasteiger partial charge on any atom is 0.231 e. The smallest absolute Gasteiger partial charge is 0.231 e. The highest BCUT2D eigenvalue weighted by atomic mass is 16.5. The number of nitrogens with zero attached hydrogens (tertiary/aromatic N) is 1. The van der Waals surface area contributed by atoms with E-state index in [4.69, 9.17) is 10.5 Å². The maximum absolute atomic E-state index is 11.4. The summed E-state index contributed by atoms with van der Waals surface area (Å²) in [6.07, 6.45) is 2.09. The summed E-state index contributed by atoms with van der Waals surface area (Å²) in [7, 11) is 0. The molecule has 0 spiro atoms. The third kappa shape index (κ3) is 4.72. The van der Waals surface area contributed by atoms with Gasteiger partial charge in [-0.1, -0.05) is 18.2 Å². The van der Waals surface area contributed by atoms with Gasteiger partial charge in [-0.2, -0.15) is 0 Å². The number of carbonyl (C=O) groups excluding carboxylic acids is 1. The number of nitrogens with two attached hydrogens (primary N) is 1. The quantitative estimate of drug-likeness (QED) is 0.790. The molecule has 5 nitrogen and oxygen atoms in total. The van der Waals surface area contributed by atoms with Gasteiger partial charge in [0, 0.05) is 18.2 Å². The average molecular weight is 291 g/mol. The van der Waals surface area contributed by atoms with Crippen LogP contribution in [-0.4, -0.2) is 43.1 Å². The van der Waals surface area contributed by atoms with E-state index < -0.39 is 0 Å². The molecule has 1 aromatic carbocycles. The van der Waals surface area contributed by atoms with Crippen molar-refractivity contribution >= 4 is 5.91 Å². The molecule has 5 heteroatoms. The number of piperidine rings is 1. The molecule has 116 valence electrons. The van der Waals surface area contributed by atoms with Crippen molar-refractivity contribution < 1.29 is 9.53 Å². The van der Waals surface area contributed by atoms with Crippen molar-refractivity contribution in [3.05, 3.63) is 29.8 Å². The Morgan fingerprint density at radius 2 is 2.10 bits per heavy atom. The summed E-state index contributed by atoms with van der Waals surface area (Å²) in [5, 5.41) is 3.35. The zero-order valence-electron chi connectivity index (χ0n) is 12.7. The van der Waals surface area contributed by atoms with Crippen molar-refractivity contribution in [2.45, 2.75) is 32.4 Å². The third-order valence-corrected chi connectivity index (χ3v) is 3.83. The molecule has 1 fully saturated rings. The first-order valence-corrected chi connectivity index (χ1v) is 7.64. The van der Waals surface area contributed by atoms with Gasteiger partial charge in [0.25, 0.3) is 0 Å². The van der Waals surface area contributed by atoms with Crippen molar-refractivity contribution in [2.24, 2.45) is 5.73 Å². The lowest BCUT2D eigenvalue weighted by atomic mass is 10.0. The summed E-state index contributed by atoms with van der Waals surface area (Å²) in [6.45, 7) is 5.60. The van der Waals surface area contributed by atoms with Gasteiger partial charge in [-0.25, -0.2) is 0 Å². The minimum absolute atomic E-state index is 0.276. The fourth-order valence-corrected chi connectivity index (χ4v) is 2.84. The number of amides is 1. The Balaban J connectivity index is 2.11. The fourth-order valence-electron chi connectivity index (χ4n) is 2.84. The van der Waals surface area contributed by atoms with Crippen LogP contribution in [-0.2, 0) is 11.3 Å². The van der Waals surface area contributed by atoms with Crippen LogP contribution in [0.5, 0.6) is 5.75 Å². The SMILES string of the molecule is CCOc1ccccc1CN(CC(N)=O)C1CCNCC1. The molecule has 0 bridgehead atoms. The van der Waals surface area contributed by atoms with Crippen LogP contribution >= 0.6 is 0 Å². The first-order valence-electron chi connectivity index (χ1n) is 7.64. The number of benzene rings is 1. The number of nitrogens with one attached hydrogen (secondary N) is 1. The van der Waals surface area contributed by atoms with Gasteiger partial charge in [0.2, 0.25) is 5.91 Å². The number of para-hydroxylation sites is 1. The maximum atomic E-state index is 11.4. The first kappa shape index (κ1) is 15.8. The highest BCUT2D eigenvalue weighted by Crippen LogP contribution is 2.22. The van der Waals surface area contributed by atoms with E-state index in [-0.39, 0.29) is 5.91 Å². The molecule has 0 unspecified atom stereocenters. The molecule has 1 heterocycles. The number of hydrogen-bond acceptors (Lipinski definition) is 4. The van der Waals surface area contributed by atoms with Gasteiger partial charge in [0.05, 0.1) is 13.2 Å². The van der Waals surface area contributed by atoms with Gasteiger partial charge < -0.3 is 15.8 Å². The molecule has 0 atom stereocenters. The first-order chi connectivity index (χ1) is 10.2. The summed E-state index contributed by atoms with van der Waals surface area (Å²) in [4.78, 5) is 13.6. The molecule has 3 N–H and O–H groups in total. The van der Waals surface area contributed by atoms with E-state index in [9.17, 15) is 4.79 Å². The van der Waals surface area contributed by atoms with Gasteiger partial charge in [-0.05, 0) is 38.9 Å². The molecule has 0 saturated carbocycles. The van der Waals surface area contributed by atoms with Gasteiger partial charge in [0.15, 0.2) is 0 Å². The topological polar surface area (TPSA) is 67.6 Å². The second-order valence-electron chi connectivity index (χ2n) is 5.39. The standard InChI is InChI=1S/C16H25N3O2/c1-2-21-15-6-4-3-5-13(15)11-19(12-16(17)20)14-7-9-18-10-8-14/h3-6,14,18H,2,7-12H2,1H3,(H2,17,20). The van der Waals surface area contributed by atoms with E-state index in [0.717, 1.165) is 37.2 Å². The Kier molecular flexibility index (Phi) is 6.02. The Morgan fingerprint density at radius 3 is 2.76 bits per heavy atom. The van der Waals surface area contributed by atoms with Crippen LogP contribution < -0.4 is 15.8 Å². The van der Waals surface area contributed by atoms with Crippen LogP contribution in [0.25, 0.3) is 0 Å². The molecule has 1 saturated heterocycles. The van der Waals surface area contributed by atoms with E-state index >= 15 is 0 Å². The summed E-state index contributed by atoms with van der Waals surface area (Å²) >= 11 is 0. The van der Waals surface area contributed by atoms with Crippen molar-refractivity contribution in [3.63, 3.8) is 0 Å². The van der Waals surface area contributed by atoms with Crippen LogP contribution in [0.4, 0.5) is 0 Å². The second-order valence-corrected chi connectivity index (χ2v) is 5.39. The van der Waals surface area contributed by atoms with Crippen LogP contribution in [0.1, 0.15) is 25.3 Å². The predicted octanol–water partition coefficient (Wildman–Crippen LogP) is 1.12. The Morgan fingerprint density at radius 1 is 1.38 bits per heavy atom. The molecule has 21 heavy (non-hydrogen) atoms. The van der Waals surface area contributed by atoms with E-state index in [1.165, 1.54) is 0 Å². The Labute approximate surface area is 126 Å². The van der Waals surface area contributed by atoms with E-state index in [0.29, 0.717) is 25.7 Å². The molecular formula is C16H25N3O2. The zero-order valence-corrected chi connectivity index (χ0v) is 12.7. The normalized spacial score (nSPS) is 16.1. The van der Waals surface area contributed by atoms with Crippen LogP contribution in [0.3, 0.4) is 0 Å². The fraction of sp³-hybridized carbons (Fsp3) is 0.562. The minimum atomic E-state index is -0.276. The van der Waals surface area contributed by atoms with Crippen molar-refractivity contribution in [1.29, 1.82) is 0 Å². The molecule has 1 aromatic rings. The average Bonchev–Trinajstić information content (AvgIpc) is 2.49. The lowest BCUT2D eigenvalue weighted by Crippen LogP contribution is -2.46. The number of rotatable bonds is 7. The van der Waals surface area contributed by atoms with Crippen LogP contribution in [0.15, 0.2) is 24.3 Å². The highest BCUT2D eigenvalue weighted by Gasteiger charge is 2.23. The van der Waals surface area contributed by atoms with Crippen LogP contribution in [0.2, 0.25) is 0 Å². The van der Waals surface area contributed by atoms with Gasteiger partial charge >= 0.3 is 0 Å². The van der Waals surface area contributed by atoms with E-state index in [2.05, 4.69) is 16.3 Å². The molecule has 0 aromatic heterocycles. The van der Waals surface area contributed by atoms with Crippen molar-refractivity contribution in [3.8, 4) is 5.75 Å². The number of primary amides is 1. The number of carbonyl (C=O) groups is 1. The monoisotopic (exact) mass is 291 g/mol. The van der Waals surface area contributed by atoms with Gasteiger partial charge in [0.1, 0.15) is 5.75 Å². The highest BCUT2D eigenvalue weighted by molar-refractivity contribution is 5.76.